The number of halogens is 1. The van der Waals surface area contributed by atoms with Gasteiger partial charge in [-0.1, -0.05) is 35.0 Å². The summed E-state index contributed by atoms with van der Waals surface area (Å²) in [6, 6.07) is 9.30. The standard InChI is InChI=1S/C17H27BrN2/c1-13-3-9-16(10-4-13)20(2)12-11-17(19)14-5-7-15(18)8-6-14/h5-8,13,16-17H,3-4,9-12,19H2,1-2H3. The third-order valence-electron chi connectivity index (χ3n) is 4.70. The zero-order valence-electron chi connectivity index (χ0n) is 12.7. The van der Waals surface area contributed by atoms with Crippen LogP contribution in [0.25, 0.3) is 0 Å². The Hall–Kier alpha value is -0.380. The molecule has 3 heteroatoms. The van der Waals surface area contributed by atoms with E-state index in [1.165, 1.54) is 31.2 Å². The maximum absolute atomic E-state index is 6.30. The van der Waals surface area contributed by atoms with Crippen LogP contribution in [0.5, 0.6) is 0 Å². The maximum Gasteiger partial charge on any atom is 0.0307 e. The molecule has 20 heavy (non-hydrogen) atoms. The van der Waals surface area contributed by atoms with Crippen LogP contribution in [0.2, 0.25) is 0 Å². The summed E-state index contributed by atoms with van der Waals surface area (Å²) in [5.41, 5.74) is 7.54. The monoisotopic (exact) mass is 338 g/mol. The van der Waals surface area contributed by atoms with Crippen molar-refractivity contribution < 1.29 is 0 Å². The van der Waals surface area contributed by atoms with Gasteiger partial charge < -0.3 is 10.6 Å². The average molecular weight is 339 g/mol. The number of hydrogen-bond acceptors (Lipinski definition) is 2. The lowest BCUT2D eigenvalue weighted by Crippen LogP contribution is -2.36. The lowest BCUT2D eigenvalue weighted by atomic mass is 9.86. The molecule has 2 N–H and O–H groups in total. The van der Waals surface area contributed by atoms with Crippen molar-refractivity contribution in [3.63, 3.8) is 0 Å². The molecule has 0 bridgehead atoms. The molecule has 0 aromatic heterocycles. The normalized spacial score (nSPS) is 24.9. The number of nitrogens with two attached hydrogens (primary N) is 1. The maximum atomic E-state index is 6.30. The van der Waals surface area contributed by atoms with Gasteiger partial charge in [0.1, 0.15) is 0 Å². The number of benzene rings is 1. The molecule has 1 atom stereocenters. The number of hydrogen-bond donors (Lipinski definition) is 1. The first-order chi connectivity index (χ1) is 9.56. The molecule has 112 valence electrons. The second-order valence-corrected chi connectivity index (χ2v) is 7.26. The van der Waals surface area contributed by atoms with Crippen LogP contribution < -0.4 is 5.73 Å². The lowest BCUT2D eigenvalue weighted by molar-refractivity contribution is 0.166. The van der Waals surface area contributed by atoms with E-state index in [9.17, 15) is 0 Å². The highest BCUT2D eigenvalue weighted by atomic mass is 79.9. The van der Waals surface area contributed by atoms with Gasteiger partial charge in [0.05, 0.1) is 0 Å². The third-order valence-corrected chi connectivity index (χ3v) is 5.23. The summed E-state index contributed by atoms with van der Waals surface area (Å²) in [7, 11) is 2.26. The van der Waals surface area contributed by atoms with E-state index < -0.39 is 0 Å². The minimum absolute atomic E-state index is 0.146. The van der Waals surface area contributed by atoms with Crippen molar-refractivity contribution in [1.29, 1.82) is 0 Å². The predicted molar refractivity (Wildman–Crippen MR) is 89.7 cm³/mol. The molecule has 0 aliphatic heterocycles. The fourth-order valence-corrected chi connectivity index (χ4v) is 3.35. The quantitative estimate of drug-likeness (QED) is 0.864. The van der Waals surface area contributed by atoms with E-state index in [1.807, 2.05) is 0 Å². The van der Waals surface area contributed by atoms with Crippen molar-refractivity contribution in [2.45, 2.75) is 51.1 Å². The predicted octanol–water partition coefficient (Wildman–Crippen LogP) is 4.35. The van der Waals surface area contributed by atoms with Crippen LogP contribution in [0, 0.1) is 5.92 Å². The first-order valence-corrected chi connectivity index (χ1v) is 8.57. The second-order valence-electron chi connectivity index (χ2n) is 6.34. The average Bonchev–Trinajstić information content (AvgIpc) is 2.46. The highest BCUT2D eigenvalue weighted by molar-refractivity contribution is 9.10. The fourth-order valence-electron chi connectivity index (χ4n) is 3.09. The highest BCUT2D eigenvalue weighted by Crippen LogP contribution is 2.27. The minimum Gasteiger partial charge on any atom is -0.324 e. The molecule has 1 fully saturated rings. The Morgan fingerprint density at radius 1 is 1.20 bits per heavy atom. The molecule has 1 aromatic carbocycles. The Kier molecular flexibility index (Phi) is 6.06. The van der Waals surface area contributed by atoms with Gasteiger partial charge in [0.15, 0.2) is 0 Å². The zero-order valence-corrected chi connectivity index (χ0v) is 14.3. The van der Waals surface area contributed by atoms with Gasteiger partial charge in [-0.2, -0.15) is 0 Å². The molecule has 2 nitrogen and oxygen atoms in total. The Bertz CT molecular complexity index is 396. The Labute approximate surface area is 131 Å². The van der Waals surface area contributed by atoms with E-state index in [2.05, 4.69) is 59.1 Å². The van der Waals surface area contributed by atoms with Gasteiger partial charge in [-0.25, -0.2) is 0 Å². The summed E-state index contributed by atoms with van der Waals surface area (Å²) < 4.78 is 1.11. The van der Waals surface area contributed by atoms with E-state index in [0.29, 0.717) is 0 Å². The first-order valence-electron chi connectivity index (χ1n) is 7.77. The van der Waals surface area contributed by atoms with Gasteiger partial charge in [-0.3, -0.25) is 0 Å². The van der Waals surface area contributed by atoms with Crippen LogP contribution in [-0.2, 0) is 0 Å². The van der Waals surface area contributed by atoms with Crippen molar-refractivity contribution in [2.75, 3.05) is 13.6 Å². The molecular formula is C17H27BrN2. The largest absolute Gasteiger partial charge is 0.324 e. The van der Waals surface area contributed by atoms with Crippen molar-refractivity contribution in [3.8, 4) is 0 Å². The molecule has 1 aromatic rings. The van der Waals surface area contributed by atoms with Crippen LogP contribution in [0.3, 0.4) is 0 Å². The van der Waals surface area contributed by atoms with Gasteiger partial charge >= 0.3 is 0 Å². The fraction of sp³-hybridized carbons (Fsp3) is 0.647. The molecule has 0 heterocycles. The molecular weight excluding hydrogens is 312 g/mol. The smallest absolute Gasteiger partial charge is 0.0307 e. The van der Waals surface area contributed by atoms with Gasteiger partial charge in [-0.05, 0) is 69.3 Å². The van der Waals surface area contributed by atoms with Crippen LogP contribution in [0.4, 0.5) is 0 Å². The summed E-state index contributed by atoms with van der Waals surface area (Å²) in [6.07, 6.45) is 6.50. The van der Waals surface area contributed by atoms with Crippen LogP contribution in [0.15, 0.2) is 28.7 Å². The van der Waals surface area contributed by atoms with Crippen LogP contribution in [-0.4, -0.2) is 24.5 Å². The molecule has 1 saturated carbocycles. The summed E-state index contributed by atoms with van der Waals surface area (Å²) in [6.45, 7) is 3.47. The molecule has 1 aliphatic rings. The third kappa shape index (κ3) is 4.57. The molecule has 0 amide bonds. The molecule has 0 radical (unpaired) electrons. The minimum atomic E-state index is 0.146. The first kappa shape index (κ1) is 16.0. The van der Waals surface area contributed by atoms with Gasteiger partial charge in [0.2, 0.25) is 0 Å². The Balaban J connectivity index is 1.77. The molecule has 0 spiro atoms. The van der Waals surface area contributed by atoms with E-state index in [4.69, 9.17) is 5.73 Å². The van der Waals surface area contributed by atoms with E-state index >= 15 is 0 Å². The summed E-state index contributed by atoms with van der Waals surface area (Å²) >= 11 is 3.46. The van der Waals surface area contributed by atoms with Crippen molar-refractivity contribution in [2.24, 2.45) is 11.7 Å². The molecule has 1 unspecified atom stereocenters. The van der Waals surface area contributed by atoms with Crippen molar-refractivity contribution >= 4 is 15.9 Å². The van der Waals surface area contributed by atoms with E-state index in [0.717, 1.165) is 29.4 Å². The Morgan fingerprint density at radius 3 is 2.40 bits per heavy atom. The van der Waals surface area contributed by atoms with E-state index in [-0.39, 0.29) is 6.04 Å². The highest BCUT2D eigenvalue weighted by Gasteiger charge is 2.21. The van der Waals surface area contributed by atoms with Crippen molar-refractivity contribution in [3.05, 3.63) is 34.3 Å². The molecule has 2 rings (SSSR count). The zero-order chi connectivity index (χ0) is 14.5. The van der Waals surface area contributed by atoms with Crippen molar-refractivity contribution in [1.82, 2.24) is 4.90 Å². The lowest BCUT2D eigenvalue weighted by Gasteiger charge is -2.34. The number of nitrogens with zero attached hydrogens (tertiary/aromatic N) is 1. The SMILES string of the molecule is CC1CCC(N(C)CCC(N)c2ccc(Br)cc2)CC1. The van der Waals surface area contributed by atoms with Gasteiger partial charge in [0.25, 0.3) is 0 Å². The Morgan fingerprint density at radius 2 is 1.80 bits per heavy atom. The van der Waals surface area contributed by atoms with Gasteiger partial charge in [0, 0.05) is 16.6 Å². The van der Waals surface area contributed by atoms with Crippen LogP contribution in [0.1, 0.15) is 50.6 Å². The number of rotatable bonds is 5. The summed E-state index contributed by atoms with van der Waals surface area (Å²) in [4.78, 5) is 2.52. The second kappa shape index (κ2) is 7.58. The van der Waals surface area contributed by atoms with Gasteiger partial charge in [-0.15, -0.1) is 0 Å². The molecule has 0 saturated heterocycles. The van der Waals surface area contributed by atoms with Crippen LogP contribution >= 0.6 is 15.9 Å². The molecule has 1 aliphatic carbocycles. The summed E-state index contributed by atoms with van der Waals surface area (Å²) in [5, 5.41) is 0. The summed E-state index contributed by atoms with van der Waals surface area (Å²) in [5.74, 6) is 0.921. The topological polar surface area (TPSA) is 29.3 Å². The van der Waals surface area contributed by atoms with E-state index in [1.54, 1.807) is 0 Å².